The highest BCUT2D eigenvalue weighted by Gasteiger charge is 2.19. The van der Waals surface area contributed by atoms with Gasteiger partial charge in [-0.2, -0.15) is 5.10 Å². The maximum absolute atomic E-state index is 12.8. The molecule has 7 nitrogen and oxygen atoms in total. The van der Waals surface area contributed by atoms with Crippen LogP contribution in [0.3, 0.4) is 0 Å². The Morgan fingerprint density at radius 2 is 1.81 bits per heavy atom. The summed E-state index contributed by atoms with van der Waals surface area (Å²) in [7, 11) is 1.67. The first kappa shape index (κ1) is 22.1. The van der Waals surface area contributed by atoms with Gasteiger partial charge in [0.1, 0.15) is 18.1 Å². The molecule has 0 saturated carbocycles. The monoisotopic (exact) mass is 420 g/mol. The second-order valence-corrected chi connectivity index (χ2v) is 7.23. The minimum atomic E-state index is -0.313. The molecular formula is C24H28N4O3. The Kier molecular flexibility index (Phi) is 7.43. The molecule has 0 atom stereocenters. The molecule has 0 unspecified atom stereocenters. The lowest BCUT2D eigenvalue weighted by atomic mass is 10.1. The number of nitrogens with zero attached hydrogens (tertiary/aromatic N) is 2. The van der Waals surface area contributed by atoms with E-state index in [-0.39, 0.29) is 11.8 Å². The molecule has 162 valence electrons. The molecule has 0 aliphatic heterocycles. The van der Waals surface area contributed by atoms with Gasteiger partial charge >= 0.3 is 0 Å². The van der Waals surface area contributed by atoms with Crippen LogP contribution in [-0.4, -0.2) is 28.1 Å². The van der Waals surface area contributed by atoms with Crippen LogP contribution in [0, 0.1) is 0 Å². The average molecular weight is 421 g/mol. The molecule has 1 heterocycles. The summed E-state index contributed by atoms with van der Waals surface area (Å²) in [6, 6.07) is 15.2. The van der Waals surface area contributed by atoms with E-state index in [0.717, 1.165) is 24.2 Å². The van der Waals surface area contributed by atoms with E-state index in [4.69, 9.17) is 4.74 Å². The smallest absolute Gasteiger partial charge is 0.271 e. The highest BCUT2D eigenvalue weighted by molar-refractivity contribution is 6.08. The van der Waals surface area contributed by atoms with E-state index in [1.807, 2.05) is 43.3 Å². The number of rotatable bonds is 9. The maximum atomic E-state index is 12.8. The molecule has 0 radical (unpaired) electrons. The quantitative estimate of drug-likeness (QED) is 0.549. The molecule has 3 aromatic rings. The minimum Gasteiger partial charge on any atom is -0.489 e. The standard InChI is InChI=1S/C24H28N4O3/c1-4-13-25-24(30)22-21(15-26-28(22)3)27-23(29)19-8-6-7-18(14-19)16-31-20-11-9-17(5-2)10-12-20/h6-12,14-15H,4-5,13,16H2,1-3H3,(H,25,30)(H,27,29). The van der Waals surface area contributed by atoms with Crippen molar-refractivity contribution in [3.63, 3.8) is 0 Å². The molecule has 3 rings (SSSR count). The fourth-order valence-corrected chi connectivity index (χ4v) is 3.11. The van der Waals surface area contributed by atoms with Gasteiger partial charge in [0.25, 0.3) is 11.8 Å². The van der Waals surface area contributed by atoms with E-state index in [0.29, 0.717) is 30.1 Å². The molecule has 0 saturated heterocycles. The lowest BCUT2D eigenvalue weighted by Gasteiger charge is -2.10. The molecule has 31 heavy (non-hydrogen) atoms. The lowest BCUT2D eigenvalue weighted by Crippen LogP contribution is -2.27. The zero-order chi connectivity index (χ0) is 22.2. The molecule has 2 aromatic carbocycles. The number of aryl methyl sites for hydroxylation is 2. The minimum absolute atomic E-state index is 0.270. The van der Waals surface area contributed by atoms with Crippen molar-refractivity contribution in [2.75, 3.05) is 11.9 Å². The van der Waals surface area contributed by atoms with Gasteiger partial charge in [0, 0.05) is 19.2 Å². The van der Waals surface area contributed by atoms with Crippen LogP contribution in [0.15, 0.2) is 54.7 Å². The Labute approximate surface area is 182 Å². The van der Waals surface area contributed by atoms with E-state index < -0.39 is 0 Å². The van der Waals surface area contributed by atoms with Gasteiger partial charge in [-0.05, 0) is 48.2 Å². The number of aromatic nitrogens is 2. The Morgan fingerprint density at radius 1 is 1.03 bits per heavy atom. The molecule has 0 bridgehead atoms. The molecule has 1 aromatic heterocycles. The van der Waals surface area contributed by atoms with E-state index in [9.17, 15) is 9.59 Å². The van der Waals surface area contributed by atoms with Crippen LogP contribution in [0.25, 0.3) is 0 Å². The van der Waals surface area contributed by atoms with Crippen molar-refractivity contribution in [3.05, 3.63) is 77.1 Å². The van der Waals surface area contributed by atoms with Gasteiger partial charge in [0.2, 0.25) is 0 Å². The van der Waals surface area contributed by atoms with Gasteiger partial charge in [-0.15, -0.1) is 0 Å². The van der Waals surface area contributed by atoms with Gasteiger partial charge in [-0.1, -0.05) is 38.1 Å². The Bertz CT molecular complexity index is 1040. The Hall–Kier alpha value is -3.61. The summed E-state index contributed by atoms with van der Waals surface area (Å²) in [5, 5.41) is 9.71. The van der Waals surface area contributed by atoms with Crippen molar-refractivity contribution in [1.82, 2.24) is 15.1 Å². The molecule has 2 N–H and O–H groups in total. The molecule has 0 fully saturated rings. The number of nitrogens with one attached hydrogen (secondary N) is 2. The topological polar surface area (TPSA) is 85.2 Å². The second kappa shape index (κ2) is 10.4. The number of hydrogen-bond donors (Lipinski definition) is 2. The number of carbonyl (C=O) groups is 2. The predicted octanol–water partition coefficient (Wildman–Crippen LogP) is 3.95. The van der Waals surface area contributed by atoms with Gasteiger partial charge in [0.05, 0.1) is 11.9 Å². The van der Waals surface area contributed by atoms with Gasteiger partial charge in [-0.3, -0.25) is 14.3 Å². The normalized spacial score (nSPS) is 10.5. The number of benzene rings is 2. The summed E-state index contributed by atoms with van der Waals surface area (Å²) >= 11 is 0. The maximum Gasteiger partial charge on any atom is 0.271 e. The fraction of sp³-hybridized carbons (Fsp3) is 0.292. The summed E-state index contributed by atoms with van der Waals surface area (Å²) in [6.07, 6.45) is 3.28. The van der Waals surface area contributed by atoms with Crippen LogP contribution < -0.4 is 15.4 Å². The van der Waals surface area contributed by atoms with Crippen LogP contribution in [0.4, 0.5) is 5.69 Å². The van der Waals surface area contributed by atoms with Crippen LogP contribution in [0.5, 0.6) is 5.75 Å². The average Bonchev–Trinajstić information content (AvgIpc) is 3.16. The molecule has 7 heteroatoms. The Balaban J connectivity index is 1.67. The fourth-order valence-electron chi connectivity index (χ4n) is 3.11. The largest absolute Gasteiger partial charge is 0.489 e. The van der Waals surface area contributed by atoms with Crippen molar-refractivity contribution in [2.24, 2.45) is 7.05 Å². The molecule has 0 aliphatic rings. The van der Waals surface area contributed by atoms with Crippen molar-refractivity contribution in [1.29, 1.82) is 0 Å². The van der Waals surface area contributed by atoms with Crippen LogP contribution in [0.2, 0.25) is 0 Å². The van der Waals surface area contributed by atoms with Gasteiger partial charge in [0.15, 0.2) is 0 Å². The lowest BCUT2D eigenvalue weighted by molar-refractivity contribution is 0.0945. The third kappa shape index (κ3) is 5.72. The summed E-state index contributed by atoms with van der Waals surface area (Å²) in [6.45, 7) is 4.99. The molecule has 0 spiro atoms. The molecule has 2 amide bonds. The van der Waals surface area contributed by atoms with Gasteiger partial charge < -0.3 is 15.4 Å². The number of carbonyl (C=O) groups excluding carboxylic acids is 2. The first-order valence-corrected chi connectivity index (χ1v) is 10.4. The van der Waals surface area contributed by atoms with Gasteiger partial charge in [-0.25, -0.2) is 0 Å². The van der Waals surface area contributed by atoms with Crippen molar-refractivity contribution in [2.45, 2.75) is 33.3 Å². The predicted molar refractivity (Wildman–Crippen MR) is 120 cm³/mol. The zero-order valence-electron chi connectivity index (χ0n) is 18.1. The highest BCUT2D eigenvalue weighted by atomic mass is 16.5. The summed E-state index contributed by atoms with van der Waals surface area (Å²) in [5.74, 6) is 0.199. The van der Waals surface area contributed by atoms with Crippen molar-refractivity contribution in [3.8, 4) is 5.75 Å². The number of ether oxygens (including phenoxy) is 1. The third-order valence-corrected chi connectivity index (χ3v) is 4.86. The van der Waals surface area contributed by atoms with Crippen LogP contribution in [0.1, 0.15) is 52.2 Å². The summed E-state index contributed by atoms with van der Waals surface area (Å²) in [4.78, 5) is 25.2. The highest BCUT2D eigenvalue weighted by Crippen LogP contribution is 2.18. The molecule has 0 aliphatic carbocycles. The van der Waals surface area contributed by atoms with Crippen molar-refractivity contribution >= 4 is 17.5 Å². The SMILES string of the molecule is CCCNC(=O)c1c(NC(=O)c2cccc(COc3ccc(CC)cc3)c2)cnn1C. The molecular weight excluding hydrogens is 392 g/mol. The number of anilines is 1. The Morgan fingerprint density at radius 3 is 2.52 bits per heavy atom. The van der Waals surface area contributed by atoms with E-state index in [1.165, 1.54) is 16.4 Å². The second-order valence-electron chi connectivity index (χ2n) is 7.23. The van der Waals surface area contributed by atoms with Crippen molar-refractivity contribution < 1.29 is 14.3 Å². The third-order valence-electron chi connectivity index (χ3n) is 4.86. The first-order chi connectivity index (χ1) is 15.0. The van der Waals surface area contributed by atoms with E-state index in [2.05, 4.69) is 22.7 Å². The number of hydrogen-bond acceptors (Lipinski definition) is 4. The summed E-state index contributed by atoms with van der Waals surface area (Å²) < 4.78 is 7.29. The van der Waals surface area contributed by atoms with Crippen LogP contribution in [-0.2, 0) is 20.1 Å². The zero-order valence-corrected chi connectivity index (χ0v) is 18.1. The van der Waals surface area contributed by atoms with Crippen LogP contribution >= 0.6 is 0 Å². The first-order valence-electron chi connectivity index (χ1n) is 10.4. The number of amides is 2. The van der Waals surface area contributed by atoms with E-state index in [1.54, 1.807) is 19.2 Å². The summed E-state index contributed by atoms with van der Waals surface area (Å²) in [5.41, 5.74) is 3.30. The van der Waals surface area contributed by atoms with E-state index >= 15 is 0 Å².